The third-order valence-electron chi connectivity index (χ3n) is 3.17. The molecule has 100 valence electrons. The van der Waals surface area contributed by atoms with E-state index >= 15 is 0 Å². The monoisotopic (exact) mass is 327 g/mol. The summed E-state index contributed by atoms with van der Waals surface area (Å²) in [7, 11) is 0. The second-order valence-corrected chi connectivity index (χ2v) is 5.50. The van der Waals surface area contributed by atoms with Gasteiger partial charge in [0.15, 0.2) is 0 Å². The van der Waals surface area contributed by atoms with E-state index in [9.17, 15) is 0 Å². The Bertz CT molecular complexity index is 713. The summed E-state index contributed by atoms with van der Waals surface area (Å²) in [5.41, 5.74) is 3.25. The van der Waals surface area contributed by atoms with Crippen LogP contribution in [-0.2, 0) is 6.42 Å². The highest BCUT2D eigenvalue weighted by atomic mass is 79.9. The molecule has 3 aromatic rings. The Hall–Kier alpha value is -1.94. The second kappa shape index (κ2) is 6.01. The zero-order chi connectivity index (χ0) is 13.8. The van der Waals surface area contributed by atoms with Crippen LogP contribution in [0, 0.1) is 0 Å². The van der Waals surface area contributed by atoms with E-state index in [0.29, 0.717) is 0 Å². The zero-order valence-electron chi connectivity index (χ0n) is 10.9. The number of halogens is 1. The zero-order valence-corrected chi connectivity index (χ0v) is 12.5. The number of rotatable bonds is 4. The van der Waals surface area contributed by atoms with Gasteiger partial charge in [-0.3, -0.25) is 0 Å². The van der Waals surface area contributed by atoms with Crippen LogP contribution >= 0.6 is 15.9 Å². The number of hydrogen-bond donors (Lipinski definition) is 1. The Kier molecular flexibility index (Phi) is 3.92. The summed E-state index contributed by atoms with van der Waals surface area (Å²) in [6.07, 6.45) is 2.76. The van der Waals surface area contributed by atoms with Gasteiger partial charge in [0.1, 0.15) is 0 Å². The van der Waals surface area contributed by atoms with Crippen LogP contribution in [0.3, 0.4) is 0 Å². The lowest BCUT2D eigenvalue weighted by Crippen LogP contribution is -2.06. The molecule has 0 fully saturated rings. The quantitative estimate of drug-likeness (QED) is 0.785. The molecule has 3 nitrogen and oxygen atoms in total. The van der Waals surface area contributed by atoms with Crippen molar-refractivity contribution in [1.82, 2.24) is 10.2 Å². The van der Waals surface area contributed by atoms with E-state index in [1.165, 1.54) is 5.56 Å². The summed E-state index contributed by atoms with van der Waals surface area (Å²) in [5, 5.41) is 12.7. The van der Waals surface area contributed by atoms with Crippen molar-refractivity contribution in [2.24, 2.45) is 0 Å². The number of hydrogen-bond acceptors (Lipinski definition) is 3. The van der Waals surface area contributed by atoms with E-state index in [4.69, 9.17) is 0 Å². The standard InChI is InChI=1S/C16H14BrN3/c17-13-6-7-15-14(10-13)16(11-19-20-15)18-9-8-12-4-2-1-3-5-12/h1-7,10-11H,8-9H2,(H,18,20). The molecule has 20 heavy (non-hydrogen) atoms. The summed E-state index contributed by atoms with van der Waals surface area (Å²) in [6.45, 7) is 0.872. The van der Waals surface area contributed by atoms with Crippen LogP contribution in [0.25, 0.3) is 10.9 Å². The maximum Gasteiger partial charge on any atom is 0.0951 e. The third-order valence-corrected chi connectivity index (χ3v) is 3.67. The van der Waals surface area contributed by atoms with Gasteiger partial charge < -0.3 is 5.32 Å². The molecule has 4 heteroatoms. The van der Waals surface area contributed by atoms with Gasteiger partial charge in [-0.05, 0) is 30.2 Å². The molecule has 0 radical (unpaired) electrons. The number of anilines is 1. The highest BCUT2D eigenvalue weighted by molar-refractivity contribution is 9.10. The molecule has 0 spiro atoms. The smallest absolute Gasteiger partial charge is 0.0951 e. The third kappa shape index (κ3) is 2.96. The van der Waals surface area contributed by atoms with Crippen molar-refractivity contribution in [1.29, 1.82) is 0 Å². The normalized spacial score (nSPS) is 10.7. The molecule has 0 aliphatic rings. The molecule has 0 aliphatic heterocycles. The van der Waals surface area contributed by atoms with Gasteiger partial charge >= 0.3 is 0 Å². The highest BCUT2D eigenvalue weighted by Crippen LogP contribution is 2.24. The van der Waals surface area contributed by atoms with Gasteiger partial charge in [-0.1, -0.05) is 46.3 Å². The van der Waals surface area contributed by atoms with Crippen LogP contribution in [0.1, 0.15) is 5.56 Å². The Morgan fingerprint density at radius 2 is 1.90 bits per heavy atom. The number of fused-ring (bicyclic) bond motifs is 1. The molecular formula is C16H14BrN3. The van der Waals surface area contributed by atoms with Crippen LogP contribution < -0.4 is 5.32 Å². The first-order valence-electron chi connectivity index (χ1n) is 6.52. The first kappa shape index (κ1) is 13.1. The molecule has 1 heterocycles. The highest BCUT2D eigenvalue weighted by Gasteiger charge is 2.03. The summed E-state index contributed by atoms with van der Waals surface area (Å²) in [6, 6.07) is 16.5. The first-order chi connectivity index (χ1) is 9.83. The molecule has 0 atom stereocenters. The van der Waals surface area contributed by atoms with Crippen molar-refractivity contribution < 1.29 is 0 Å². The van der Waals surface area contributed by atoms with Crippen molar-refractivity contribution in [3.63, 3.8) is 0 Å². The predicted molar refractivity (Wildman–Crippen MR) is 85.9 cm³/mol. The average molecular weight is 328 g/mol. The Balaban J connectivity index is 1.76. The van der Waals surface area contributed by atoms with E-state index in [1.807, 2.05) is 18.2 Å². The van der Waals surface area contributed by atoms with Crippen LogP contribution in [0.5, 0.6) is 0 Å². The number of nitrogens with one attached hydrogen (secondary N) is 1. The molecule has 1 aromatic heterocycles. The molecule has 3 rings (SSSR count). The average Bonchev–Trinajstić information content (AvgIpc) is 2.49. The maximum atomic E-state index is 4.14. The minimum atomic E-state index is 0.872. The van der Waals surface area contributed by atoms with Crippen molar-refractivity contribution >= 4 is 32.5 Å². The molecule has 1 N–H and O–H groups in total. The second-order valence-electron chi connectivity index (χ2n) is 4.58. The SMILES string of the molecule is Brc1ccc2nncc(NCCc3ccccc3)c2c1. The molecule has 0 saturated heterocycles. The van der Waals surface area contributed by atoms with Crippen LogP contribution in [0.15, 0.2) is 59.2 Å². The van der Waals surface area contributed by atoms with E-state index in [1.54, 1.807) is 6.20 Å². The predicted octanol–water partition coefficient (Wildman–Crippen LogP) is 4.05. The van der Waals surface area contributed by atoms with Crippen LogP contribution in [0.2, 0.25) is 0 Å². The lowest BCUT2D eigenvalue weighted by Gasteiger charge is -2.09. The molecule has 0 saturated carbocycles. The number of benzene rings is 2. The van der Waals surface area contributed by atoms with Crippen LogP contribution in [-0.4, -0.2) is 16.7 Å². The molecule has 0 amide bonds. The van der Waals surface area contributed by atoms with E-state index in [0.717, 1.165) is 34.0 Å². The molecule has 0 bridgehead atoms. The van der Waals surface area contributed by atoms with Crippen molar-refractivity contribution in [2.45, 2.75) is 6.42 Å². The van der Waals surface area contributed by atoms with Gasteiger partial charge in [-0.15, -0.1) is 0 Å². The minimum absolute atomic E-state index is 0.872. The van der Waals surface area contributed by atoms with Gasteiger partial charge in [0, 0.05) is 16.4 Å². The van der Waals surface area contributed by atoms with Gasteiger partial charge in [-0.2, -0.15) is 10.2 Å². The Labute approximate surface area is 126 Å². The molecule has 2 aromatic carbocycles. The summed E-state index contributed by atoms with van der Waals surface area (Å²) < 4.78 is 1.05. The van der Waals surface area contributed by atoms with Crippen molar-refractivity contribution in [3.8, 4) is 0 Å². The Morgan fingerprint density at radius 1 is 1.05 bits per heavy atom. The van der Waals surface area contributed by atoms with E-state index in [2.05, 4.69) is 61.8 Å². The Morgan fingerprint density at radius 3 is 2.75 bits per heavy atom. The topological polar surface area (TPSA) is 37.8 Å². The van der Waals surface area contributed by atoms with Gasteiger partial charge in [0.25, 0.3) is 0 Å². The van der Waals surface area contributed by atoms with Crippen molar-refractivity contribution in [2.75, 3.05) is 11.9 Å². The fraction of sp³-hybridized carbons (Fsp3) is 0.125. The first-order valence-corrected chi connectivity index (χ1v) is 7.31. The van der Waals surface area contributed by atoms with Gasteiger partial charge in [0.05, 0.1) is 17.4 Å². The van der Waals surface area contributed by atoms with Crippen molar-refractivity contribution in [3.05, 3.63) is 64.8 Å². The molecule has 0 unspecified atom stereocenters. The van der Waals surface area contributed by atoms with Gasteiger partial charge in [-0.25, -0.2) is 0 Å². The lowest BCUT2D eigenvalue weighted by molar-refractivity contribution is 1.01. The largest absolute Gasteiger partial charge is 0.383 e. The lowest BCUT2D eigenvalue weighted by atomic mass is 10.1. The molecular weight excluding hydrogens is 314 g/mol. The summed E-state index contributed by atoms with van der Waals surface area (Å²) >= 11 is 3.50. The fourth-order valence-corrected chi connectivity index (χ4v) is 2.52. The minimum Gasteiger partial charge on any atom is -0.383 e. The summed E-state index contributed by atoms with van der Waals surface area (Å²) in [4.78, 5) is 0. The number of aromatic nitrogens is 2. The fourth-order valence-electron chi connectivity index (χ4n) is 2.16. The molecule has 0 aliphatic carbocycles. The van der Waals surface area contributed by atoms with E-state index < -0.39 is 0 Å². The van der Waals surface area contributed by atoms with Gasteiger partial charge in [0.2, 0.25) is 0 Å². The number of nitrogens with zero attached hydrogens (tertiary/aromatic N) is 2. The van der Waals surface area contributed by atoms with Crippen LogP contribution in [0.4, 0.5) is 5.69 Å². The summed E-state index contributed by atoms with van der Waals surface area (Å²) in [5.74, 6) is 0. The van der Waals surface area contributed by atoms with E-state index in [-0.39, 0.29) is 0 Å². The maximum absolute atomic E-state index is 4.14.